The molecule has 4 rings (SSSR count). The topological polar surface area (TPSA) is 52.0 Å². The second kappa shape index (κ2) is 7.55. The summed E-state index contributed by atoms with van der Waals surface area (Å²) in [7, 11) is 0. The fourth-order valence-corrected chi connectivity index (χ4v) is 3.92. The van der Waals surface area contributed by atoms with Crippen LogP contribution in [-0.2, 0) is 0 Å². The Morgan fingerprint density at radius 3 is 2.59 bits per heavy atom. The van der Waals surface area contributed by atoms with Crippen LogP contribution in [0.1, 0.15) is 29.6 Å². The van der Waals surface area contributed by atoms with Gasteiger partial charge in [0.15, 0.2) is 0 Å². The molecular formula is C18H14Br2F2N4O. The lowest BCUT2D eigenvalue weighted by atomic mass is 9.93. The van der Waals surface area contributed by atoms with E-state index in [-0.39, 0.29) is 17.8 Å². The molecule has 0 amide bonds. The Kier molecular flexibility index (Phi) is 5.14. The van der Waals surface area contributed by atoms with Crippen LogP contribution in [0.25, 0.3) is 0 Å². The lowest BCUT2D eigenvalue weighted by Gasteiger charge is -2.32. The average Bonchev–Trinajstić information content (AvgIpc) is 3.11. The van der Waals surface area contributed by atoms with E-state index in [9.17, 15) is 8.78 Å². The van der Waals surface area contributed by atoms with Crippen molar-refractivity contribution in [2.45, 2.75) is 25.1 Å². The third kappa shape index (κ3) is 3.84. The molecule has 140 valence electrons. The molecule has 0 saturated carbocycles. The summed E-state index contributed by atoms with van der Waals surface area (Å²) in [5, 5.41) is 7.64. The minimum Gasteiger partial charge on any atom is -0.434 e. The summed E-state index contributed by atoms with van der Waals surface area (Å²) >= 11 is 6.86. The number of nitrogens with zero attached hydrogens (tertiary/aromatic N) is 3. The number of alkyl halides is 2. The lowest BCUT2D eigenvalue weighted by molar-refractivity contribution is -0.0508. The molecule has 1 aromatic heterocycles. The van der Waals surface area contributed by atoms with Crippen molar-refractivity contribution >= 4 is 37.8 Å². The molecule has 1 aliphatic rings. The average molecular weight is 500 g/mol. The molecule has 0 radical (unpaired) electrons. The summed E-state index contributed by atoms with van der Waals surface area (Å²) < 4.78 is 34.0. The maximum Gasteiger partial charge on any atom is 0.387 e. The number of rotatable bonds is 4. The predicted molar refractivity (Wildman–Crippen MR) is 104 cm³/mol. The highest BCUT2D eigenvalue weighted by molar-refractivity contribution is 9.10. The fourth-order valence-electron chi connectivity index (χ4n) is 3.28. The summed E-state index contributed by atoms with van der Waals surface area (Å²) in [6, 6.07) is 12.6. The van der Waals surface area contributed by atoms with Crippen LogP contribution in [0.2, 0.25) is 0 Å². The van der Waals surface area contributed by atoms with E-state index in [2.05, 4.69) is 47.3 Å². The number of nitrogens with one attached hydrogen (secondary N) is 1. The predicted octanol–water partition coefficient (Wildman–Crippen LogP) is 5.55. The summed E-state index contributed by atoms with van der Waals surface area (Å²) in [6.45, 7) is -2.90. The summed E-state index contributed by atoms with van der Waals surface area (Å²) in [5.74, 6) is 0.721. The largest absolute Gasteiger partial charge is 0.434 e. The van der Waals surface area contributed by atoms with Gasteiger partial charge < -0.3 is 10.1 Å². The highest BCUT2D eigenvalue weighted by atomic mass is 79.9. The molecule has 0 aliphatic carbocycles. The SMILES string of the molecule is FC(F)Oc1ccc(Br)cc1C1CC(c2ccc(Br)cc2)Nc2ncnn21. The molecule has 2 unspecified atom stereocenters. The van der Waals surface area contributed by atoms with Gasteiger partial charge in [-0.15, -0.1) is 0 Å². The molecule has 1 N–H and O–H groups in total. The zero-order chi connectivity index (χ0) is 19.0. The number of hydrogen-bond acceptors (Lipinski definition) is 4. The molecule has 0 fully saturated rings. The first kappa shape index (κ1) is 18.4. The van der Waals surface area contributed by atoms with Gasteiger partial charge in [0, 0.05) is 14.5 Å². The Hall–Kier alpha value is -2.00. The molecule has 9 heteroatoms. The molecule has 2 heterocycles. The number of benzene rings is 2. The van der Waals surface area contributed by atoms with Gasteiger partial charge in [0.05, 0.1) is 12.1 Å². The van der Waals surface area contributed by atoms with Crippen molar-refractivity contribution in [2.75, 3.05) is 5.32 Å². The Morgan fingerprint density at radius 2 is 1.85 bits per heavy atom. The molecule has 2 atom stereocenters. The second-order valence-corrected chi connectivity index (χ2v) is 7.92. The first-order chi connectivity index (χ1) is 13.0. The first-order valence-electron chi connectivity index (χ1n) is 8.17. The van der Waals surface area contributed by atoms with Gasteiger partial charge >= 0.3 is 6.61 Å². The Morgan fingerprint density at radius 1 is 1.11 bits per heavy atom. The van der Waals surface area contributed by atoms with Crippen molar-refractivity contribution in [2.24, 2.45) is 0 Å². The van der Waals surface area contributed by atoms with Crippen LogP contribution in [0.4, 0.5) is 14.7 Å². The molecular weight excluding hydrogens is 486 g/mol. The van der Waals surface area contributed by atoms with Crippen LogP contribution >= 0.6 is 31.9 Å². The third-order valence-corrected chi connectivity index (χ3v) is 5.47. The molecule has 0 bridgehead atoms. The van der Waals surface area contributed by atoms with Gasteiger partial charge in [-0.3, -0.25) is 0 Å². The zero-order valence-corrected chi connectivity index (χ0v) is 17.0. The number of hydrogen-bond donors (Lipinski definition) is 1. The molecule has 3 aromatic rings. The normalized spacial score (nSPS) is 18.9. The third-order valence-electron chi connectivity index (χ3n) is 4.45. The van der Waals surface area contributed by atoms with E-state index in [4.69, 9.17) is 4.74 Å². The van der Waals surface area contributed by atoms with E-state index >= 15 is 0 Å². The van der Waals surface area contributed by atoms with Crippen LogP contribution < -0.4 is 10.1 Å². The van der Waals surface area contributed by atoms with E-state index < -0.39 is 6.61 Å². The van der Waals surface area contributed by atoms with Crippen molar-refractivity contribution in [3.05, 3.63) is 68.9 Å². The molecule has 1 aliphatic heterocycles. The number of anilines is 1. The molecule has 0 saturated heterocycles. The summed E-state index contributed by atoms with van der Waals surface area (Å²) in [6.07, 6.45) is 2.05. The van der Waals surface area contributed by atoms with Crippen molar-refractivity contribution in [3.8, 4) is 5.75 Å². The number of aromatic nitrogens is 3. The van der Waals surface area contributed by atoms with Crippen molar-refractivity contribution < 1.29 is 13.5 Å². The molecule has 2 aromatic carbocycles. The number of halogens is 4. The first-order valence-corrected chi connectivity index (χ1v) is 9.75. The van der Waals surface area contributed by atoms with Crippen LogP contribution in [0.3, 0.4) is 0 Å². The highest BCUT2D eigenvalue weighted by Crippen LogP contribution is 2.41. The van der Waals surface area contributed by atoms with Gasteiger partial charge in [0.2, 0.25) is 5.95 Å². The minimum absolute atomic E-state index is 0.0434. The molecule has 27 heavy (non-hydrogen) atoms. The minimum atomic E-state index is -2.90. The lowest BCUT2D eigenvalue weighted by Crippen LogP contribution is -2.28. The quantitative estimate of drug-likeness (QED) is 0.511. The van der Waals surface area contributed by atoms with Crippen LogP contribution in [0, 0.1) is 0 Å². The van der Waals surface area contributed by atoms with E-state index in [0.29, 0.717) is 17.9 Å². The van der Waals surface area contributed by atoms with Crippen molar-refractivity contribution in [1.29, 1.82) is 0 Å². The van der Waals surface area contributed by atoms with E-state index in [0.717, 1.165) is 14.5 Å². The zero-order valence-electron chi connectivity index (χ0n) is 13.8. The Bertz CT molecular complexity index is 949. The second-order valence-electron chi connectivity index (χ2n) is 6.09. The van der Waals surface area contributed by atoms with Gasteiger partial charge in [-0.05, 0) is 42.3 Å². The summed E-state index contributed by atoms with van der Waals surface area (Å²) in [5.41, 5.74) is 1.70. The van der Waals surface area contributed by atoms with Crippen molar-refractivity contribution in [1.82, 2.24) is 14.8 Å². The van der Waals surface area contributed by atoms with E-state index in [1.165, 1.54) is 6.33 Å². The van der Waals surface area contributed by atoms with Gasteiger partial charge in [-0.25, -0.2) is 4.68 Å². The van der Waals surface area contributed by atoms with Crippen LogP contribution in [-0.4, -0.2) is 21.4 Å². The molecule has 5 nitrogen and oxygen atoms in total. The highest BCUT2D eigenvalue weighted by Gasteiger charge is 2.32. The van der Waals surface area contributed by atoms with E-state index in [1.807, 2.05) is 24.3 Å². The smallest absolute Gasteiger partial charge is 0.387 e. The fraction of sp³-hybridized carbons (Fsp3) is 0.222. The maximum absolute atomic E-state index is 12.9. The Labute approximate surface area is 171 Å². The van der Waals surface area contributed by atoms with Gasteiger partial charge in [0.25, 0.3) is 0 Å². The monoisotopic (exact) mass is 498 g/mol. The van der Waals surface area contributed by atoms with Gasteiger partial charge in [-0.1, -0.05) is 44.0 Å². The van der Waals surface area contributed by atoms with Gasteiger partial charge in [0.1, 0.15) is 12.1 Å². The van der Waals surface area contributed by atoms with Crippen LogP contribution in [0.15, 0.2) is 57.7 Å². The summed E-state index contributed by atoms with van der Waals surface area (Å²) in [4.78, 5) is 4.27. The van der Waals surface area contributed by atoms with Gasteiger partial charge in [-0.2, -0.15) is 18.9 Å². The maximum atomic E-state index is 12.9. The number of fused-ring (bicyclic) bond motifs is 1. The van der Waals surface area contributed by atoms with Crippen LogP contribution in [0.5, 0.6) is 5.75 Å². The number of ether oxygens (including phenoxy) is 1. The van der Waals surface area contributed by atoms with Crippen molar-refractivity contribution in [3.63, 3.8) is 0 Å². The van der Waals surface area contributed by atoms with E-state index in [1.54, 1.807) is 22.9 Å². The molecule has 0 spiro atoms. The standard InChI is InChI=1S/C18H14Br2F2N4O/c19-11-3-1-10(2-4-11)14-8-15(26-18(25-14)23-9-24-26)13-7-12(20)5-6-16(13)27-17(21)22/h1-7,9,14-15,17H,8H2,(H,23,24,25). The Balaban J connectivity index is 1.76.